The second kappa shape index (κ2) is 5.48. The van der Waals surface area contributed by atoms with E-state index in [9.17, 15) is 9.18 Å². The minimum atomic E-state index is -1.03. The first-order valence-corrected chi connectivity index (χ1v) is 5.75. The van der Waals surface area contributed by atoms with Crippen molar-refractivity contribution in [1.29, 1.82) is 0 Å². The molecule has 2 aromatic rings. The number of benzene rings is 1. The van der Waals surface area contributed by atoms with Crippen LogP contribution in [0.3, 0.4) is 0 Å². The second-order valence-corrected chi connectivity index (χ2v) is 4.07. The number of aromatic nitrogens is 1. The molecule has 1 aromatic carbocycles. The summed E-state index contributed by atoms with van der Waals surface area (Å²) in [6.07, 6.45) is 1.53. The molecule has 0 aliphatic heterocycles. The molecule has 0 unspecified atom stereocenters. The van der Waals surface area contributed by atoms with Crippen LogP contribution in [-0.2, 0) is 6.54 Å². The smallest absolute Gasteiger partial charge is 0.337 e. The highest BCUT2D eigenvalue weighted by molar-refractivity contribution is 5.88. The zero-order valence-corrected chi connectivity index (χ0v) is 10.4. The highest BCUT2D eigenvalue weighted by Crippen LogP contribution is 2.18. The first-order valence-electron chi connectivity index (χ1n) is 5.75. The number of nitrogens with one attached hydrogen (secondary N) is 1. The van der Waals surface area contributed by atoms with Gasteiger partial charge in [-0.1, -0.05) is 6.07 Å². The Morgan fingerprint density at radius 2 is 2.16 bits per heavy atom. The maximum absolute atomic E-state index is 13.4. The Balaban J connectivity index is 2.19. The van der Waals surface area contributed by atoms with Gasteiger partial charge in [0.2, 0.25) is 0 Å². The van der Waals surface area contributed by atoms with Crippen LogP contribution in [0.25, 0.3) is 0 Å². The Morgan fingerprint density at radius 3 is 2.89 bits per heavy atom. The average Bonchev–Trinajstić information content (AvgIpc) is 2.40. The molecule has 0 saturated heterocycles. The third kappa shape index (κ3) is 2.88. The van der Waals surface area contributed by atoms with Crippen molar-refractivity contribution >= 4 is 11.7 Å². The Labute approximate surface area is 109 Å². The lowest BCUT2D eigenvalue weighted by atomic mass is 10.1. The van der Waals surface area contributed by atoms with Gasteiger partial charge in [0.15, 0.2) is 0 Å². The molecule has 0 spiro atoms. The molecule has 0 saturated carbocycles. The molecular formula is C14H13FN2O2. The third-order valence-corrected chi connectivity index (χ3v) is 2.83. The average molecular weight is 260 g/mol. The molecule has 1 heterocycles. The van der Waals surface area contributed by atoms with Crippen LogP contribution in [-0.4, -0.2) is 16.1 Å². The van der Waals surface area contributed by atoms with Gasteiger partial charge in [0.25, 0.3) is 0 Å². The molecule has 98 valence electrons. The van der Waals surface area contributed by atoms with E-state index >= 15 is 0 Å². The number of carboxylic acids is 1. The van der Waals surface area contributed by atoms with Gasteiger partial charge in [-0.3, -0.25) is 4.98 Å². The number of hydrogen-bond donors (Lipinski definition) is 2. The summed E-state index contributed by atoms with van der Waals surface area (Å²) in [6, 6.07) is 7.78. The van der Waals surface area contributed by atoms with Crippen molar-refractivity contribution < 1.29 is 14.3 Å². The molecule has 0 amide bonds. The van der Waals surface area contributed by atoms with Gasteiger partial charge < -0.3 is 10.4 Å². The highest BCUT2D eigenvalue weighted by atomic mass is 19.1. The normalized spacial score (nSPS) is 10.2. The minimum Gasteiger partial charge on any atom is -0.478 e. The van der Waals surface area contributed by atoms with E-state index in [-0.39, 0.29) is 17.9 Å². The van der Waals surface area contributed by atoms with Gasteiger partial charge in [-0.05, 0) is 31.2 Å². The molecule has 1 aromatic heterocycles. The maximum Gasteiger partial charge on any atom is 0.337 e. The molecule has 4 nitrogen and oxygen atoms in total. The summed E-state index contributed by atoms with van der Waals surface area (Å²) in [6.45, 7) is 1.89. The van der Waals surface area contributed by atoms with E-state index in [4.69, 9.17) is 5.11 Å². The van der Waals surface area contributed by atoms with E-state index in [0.717, 1.165) is 0 Å². The largest absolute Gasteiger partial charge is 0.478 e. The predicted octanol–water partition coefficient (Wildman–Crippen LogP) is 2.84. The van der Waals surface area contributed by atoms with Crippen molar-refractivity contribution in [3.8, 4) is 0 Å². The lowest BCUT2D eigenvalue weighted by Gasteiger charge is -2.10. The van der Waals surface area contributed by atoms with Gasteiger partial charge in [0, 0.05) is 17.4 Å². The SMILES string of the molecule is Cc1c(F)cccc1NCc1ncccc1C(=O)O. The van der Waals surface area contributed by atoms with Crippen molar-refractivity contribution in [2.45, 2.75) is 13.5 Å². The van der Waals surface area contributed by atoms with Crippen molar-refractivity contribution in [2.24, 2.45) is 0 Å². The van der Waals surface area contributed by atoms with Crippen LogP contribution >= 0.6 is 0 Å². The number of pyridine rings is 1. The molecule has 2 rings (SSSR count). The first kappa shape index (κ1) is 13.0. The summed E-state index contributed by atoms with van der Waals surface area (Å²) < 4.78 is 13.4. The topological polar surface area (TPSA) is 62.2 Å². The number of hydrogen-bond acceptors (Lipinski definition) is 3. The minimum absolute atomic E-state index is 0.143. The molecule has 19 heavy (non-hydrogen) atoms. The van der Waals surface area contributed by atoms with Crippen LogP contribution in [0.2, 0.25) is 0 Å². The number of rotatable bonds is 4. The Kier molecular flexibility index (Phi) is 3.75. The van der Waals surface area contributed by atoms with E-state index in [1.165, 1.54) is 18.3 Å². The van der Waals surface area contributed by atoms with E-state index in [1.54, 1.807) is 25.1 Å². The molecule has 0 aliphatic rings. The van der Waals surface area contributed by atoms with Crippen molar-refractivity contribution in [3.63, 3.8) is 0 Å². The molecule has 2 N–H and O–H groups in total. The van der Waals surface area contributed by atoms with Crippen molar-refractivity contribution in [2.75, 3.05) is 5.32 Å². The van der Waals surface area contributed by atoms with Crippen LogP contribution < -0.4 is 5.32 Å². The van der Waals surface area contributed by atoms with Crippen LogP contribution in [0.1, 0.15) is 21.6 Å². The molecule has 0 radical (unpaired) electrons. The van der Waals surface area contributed by atoms with Crippen LogP contribution in [0.15, 0.2) is 36.5 Å². The third-order valence-electron chi connectivity index (χ3n) is 2.83. The highest BCUT2D eigenvalue weighted by Gasteiger charge is 2.10. The predicted molar refractivity (Wildman–Crippen MR) is 69.7 cm³/mol. The van der Waals surface area contributed by atoms with Crippen molar-refractivity contribution in [3.05, 3.63) is 59.2 Å². The number of carbonyl (C=O) groups is 1. The van der Waals surface area contributed by atoms with Crippen molar-refractivity contribution in [1.82, 2.24) is 4.98 Å². The van der Waals surface area contributed by atoms with Crippen LogP contribution in [0.5, 0.6) is 0 Å². The van der Waals surface area contributed by atoms with Gasteiger partial charge in [-0.2, -0.15) is 0 Å². The van der Waals surface area contributed by atoms with E-state index in [2.05, 4.69) is 10.3 Å². The summed E-state index contributed by atoms with van der Waals surface area (Å²) in [5.41, 5.74) is 1.68. The Hall–Kier alpha value is -2.43. The second-order valence-electron chi connectivity index (χ2n) is 4.07. The van der Waals surface area contributed by atoms with Gasteiger partial charge >= 0.3 is 5.97 Å². The number of carboxylic acid groups (broad SMARTS) is 1. The first-order chi connectivity index (χ1) is 9.09. The van der Waals surface area contributed by atoms with Gasteiger partial charge in [0.05, 0.1) is 17.8 Å². The summed E-state index contributed by atoms with van der Waals surface area (Å²) in [5, 5.41) is 12.0. The van der Waals surface area contributed by atoms with E-state index in [0.29, 0.717) is 16.9 Å². The monoisotopic (exact) mass is 260 g/mol. The van der Waals surface area contributed by atoms with Crippen LogP contribution in [0.4, 0.5) is 10.1 Å². The Morgan fingerprint density at radius 1 is 1.37 bits per heavy atom. The molecule has 0 bridgehead atoms. The lowest BCUT2D eigenvalue weighted by Crippen LogP contribution is -2.10. The van der Waals surface area contributed by atoms with E-state index in [1.807, 2.05) is 0 Å². The fraction of sp³-hybridized carbons (Fsp3) is 0.143. The molecular weight excluding hydrogens is 247 g/mol. The molecule has 5 heteroatoms. The summed E-state index contributed by atoms with van der Waals surface area (Å²) >= 11 is 0. The lowest BCUT2D eigenvalue weighted by molar-refractivity contribution is 0.0695. The maximum atomic E-state index is 13.4. The standard InChI is InChI=1S/C14H13FN2O2/c1-9-11(15)5-2-6-12(9)17-8-13-10(14(18)19)4-3-7-16-13/h2-7,17H,8H2,1H3,(H,18,19). The van der Waals surface area contributed by atoms with Gasteiger partial charge in [-0.15, -0.1) is 0 Å². The van der Waals surface area contributed by atoms with Gasteiger partial charge in [-0.25, -0.2) is 9.18 Å². The summed E-state index contributed by atoms with van der Waals surface area (Å²) in [4.78, 5) is 15.1. The number of aromatic carboxylic acids is 1. The molecule has 0 atom stereocenters. The summed E-state index contributed by atoms with van der Waals surface area (Å²) in [5.74, 6) is -1.33. The number of anilines is 1. The fourth-order valence-electron chi connectivity index (χ4n) is 1.75. The zero-order valence-electron chi connectivity index (χ0n) is 10.4. The van der Waals surface area contributed by atoms with Gasteiger partial charge in [0.1, 0.15) is 5.82 Å². The fourth-order valence-corrected chi connectivity index (χ4v) is 1.75. The Bertz CT molecular complexity index is 614. The zero-order chi connectivity index (χ0) is 13.8. The van der Waals surface area contributed by atoms with Crippen LogP contribution in [0, 0.1) is 12.7 Å². The summed E-state index contributed by atoms with van der Waals surface area (Å²) in [7, 11) is 0. The number of nitrogens with zero attached hydrogens (tertiary/aromatic N) is 1. The molecule has 0 aliphatic carbocycles. The quantitative estimate of drug-likeness (QED) is 0.887. The number of halogens is 1. The van der Waals surface area contributed by atoms with E-state index < -0.39 is 5.97 Å². The molecule has 0 fully saturated rings.